The number of rotatable bonds is 7. The van der Waals surface area contributed by atoms with Crippen LogP contribution in [0.4, 0.5) is 5.69 Å². The lowest BCUT2D eigenvalue weighted by atomic mass is 10.1. The summed E-state index contributed by atoms with van der Waals surface area (Å²) in [4.78, 5) is 21.2. The zero-order chi connectivity index (χ0) is 22.8. The third-order valence-electron chi connectivity index (χ3n) is 6.19. The van der Waals surface area contributed by atoms with Crippen molar-refractivity contribution >= 4 is 44.6 Å². The Morgan fingerprint density at radius 3 is 2.64 bits per heavy atom. The van der Waals surface area contributed by atoms with E-state index < -0.39 is 0 Å². The number of nitrogens with one attached hydrogen (secondary N) is 2. The van der Waals surface area contributed by atoms with Crippen molar-refractivity contribution in [2.75, 3.05) is 37.6 Å². The first-order valence-corrected chi connectivity index (χ1v) is 12.2. The number of aliphatic hydroxyl groups excluding tert-OH is 1. The van der Waals surface area contributed by atoms with E-state index in [1.54, 1.807) is 17.0 Å². The molecule has 0 aliphatic carbocycles. The van der Waals surface area contributed by atoms with Crippen LogP contribution in [0.2, 0.25) is 0 Å². The molecule has 8 heteroatoms. The number of thiazole rings is 1. The Morgan fingerprint density at radius 2 is 1.88 bits per heavy atom. The first kappa shape index (κ1) is 21.6. The molecule has 1 amide bonds. The predicted octanol–water partition coefficient (Wildman–Crippen LogP) is 4.28. The van der Waals surface area contributed by atoms with Crippen LogP contribution in [0.1, 0.15) is 34.6 Å². The van der Waals surface area contributed by atoms with E-state index in [0.29, 0.717) is 22.7 Å². The van der Waals surface area contributed by atoms with Gasteiger partial charge >= 0.3 is 0 Å². The van der Waals surface area contributed by atoms with Crippen LogP contribution in [0.25, 0.3) is 15.8 Å². The summed E-state index contributed by atoms with van der Waals surface area (Å²) < 4.78 is 1.02. The minimum atomic E-state index is -0.0874. The van der Waals surface area contributed by atoms with Gasteiger partial charge in [-0.1, -0.05) is 12.1 Å². The van der Waals surface area contributed by atoms with Gasteiger partial charge in [0.05, 0.1) is 22.3 Å². The molecule has 0 saturated carbocycles. The molecule has 0 atom stereocenters. The van der Waals surface area contributed by atoms with Gasteiger partial charge in [-0.2, -0.15) is 0 Å². The normalized spacial score (nSPS) is 16.8. The molecule has 1 saturated heterocycles. The van der Waals surface area contributed by atoms with E-state index in [4.69, 9.17) is 5.41 Å². The van der Waals surface area contributed by atoms with Crippen molar-refractivity contribution in [2.24, 2.45) is 0 Å². The Kier molecular flexibility index (Phi) is 6.11. The third kappa shape index (κ3) is 4.49. The molecule has 3 aromatic rings. The van der Waals surface area contributed by atoms with Crippen molar-refractivity contribution in [1.29, 1.82) is 5.41 Å². The number of hydrogen-bond donors (Lipinski definition) is 3. The fourth-order valence-electron chi connectivity index (χ4n) is 4.41. The number of hydrogen-bond acceptors (Lipinski definition) is 6. The SMILES string of the molecule is N=C1C(c2nc3ccccc3s2)=C(O)CN1c1ccc(C(=O)NCCCN2CCCC2)cc1. The van der Waals surface area contributed by atoms with Crippen LogP contribution in [0.3, 0.4) is 0 Å². The highest BCUT2D eigenvalue weighted by atomic mass is 32.1. The third-order valence-corrected chi connectivity index (χ3v) is 7.24. The molecule has 0 spiro atoms. The Balaban J connectivity index is 1.21. The summed E-state index contributed by atoms with van der Waals surface area (Å²) in [5.41, 5.74) is 2.68. The number of aromatic nitrogens is 1. The number of para-hydroxylation sites is 1. The highest BCUT2D eigenvalue weighted by molar-refractivity contribution is 7.19. The Labute approximate surface area is 196 Å². The van der Waals surface area contributed by atoms with E-state index in [2.05, 4.69) is 15.2 Å². The molecule has 2 aliphatic heterocycles. The first-order chi connectivity index (χ1) is 16.1. The molecule has 2 aromatic carbocycles. The second-order valence-electron chi connectivity index (χ2n) is 8.45. The van der Waals surface area contributed by atoms with Gasteiger partial charge in [0.25, 0.3) is 5.91 Å². The summed E-state index contributed by atoms with van der Waals surface area (Å²) >= 11 is 1.47. The van der Waals surface area contributed by atoms with Gasteiger partial charge in [0.15, 0.2) is 0 Å². The topological polar surface area (TPSA) is 92.5 Å². The van der Waals surface area contributed by atoms with Crippen molar-refractivity contribution < 1.29 is 9.90 Å². The van der Waals surface area contributed by atoms with Gasteiger partial charge in [0.1, 0.15) is 16.6 Å². The van der Waals surface area contributed by atoms with Gasteiger partial charge in [-0.3, -0.25) is 10.2 Å². The van der Waals surface area contributed by atoms with E-state index >= 15 is 0 Å². The molecule has 5 rings (SSSR count). The van der Waals surface area contributed by atoms with E-state index in [1.165, 1.54) is 37.3 Å². The molecule has 33 heavy (non-hydrogen) atoms. The van der Waals surface area contributed by atoms with Gasteiger partial charge in [-0.25, -0.2) is 4.98 Å². The predicted molar refractivity (Wildman–Crippen MR) is 133 cm³/mol. The fourth-order valence-corrected chi connectivity index (χ4v) is 5.44. The molecule has 0 radical (unpaired) electrons. The maximum absolute atomic E-state index is 12.5. The second kappa shape index (κ2) is 9.33. The van der Waals surface area contributed by atoms with E-state index in [1.807, 2.05) is 36.4 Å². The molecule has 0 unspecified atom stereocenters. The standard InChI is InChI=1S/C25H27N5O2S/c26-23-22(25-28-19-6-1-2-7-21(19)33-25)20(31)16-30(23)18-10-8-17(9-11-18)24(32)27-12-5-15-29-13-3-4-14-29/h1-2,6-11,26,31H,3-5,12-16H2,(H,27,32). The maximum atomic E-state index is 12.5. The zero-order valence-electron chi connectivity index (χ0n) is 18.4. The molecule has 7 nitrogen and oxygen atoms in total. The minimum Gasteiger partial charge on any atom is -0.510 e. The number of likely N-dealkylation sites (tertiary alicyclic amines) is 1. The highest BCUT2D eigenvalue weighted by Gasteiger charge is 2.31. The van der Waals surface area contributed by atoms with Gasteiger partial charge in [-0.05, 0) is 75.3 Å². The first-order valence-electron chi connectivity index (χ1n) is 11.4. The van der Waals surface area contributed by atoms with E-state index in [0.717, 1.165) is 28.9 Å². The van der Waals surface area contributed by atoms with Crippen LogP contribution < -0.4 is 10.2 Å². The molecule has 3 heterocycles. The maximum Gasteiger partial charge on any atom is 0.251 e. The average Bonchev–Trinajstić information content (AvgIpc) is 3.55. The van der Waals surface area contributed by atoms with E-state index in [9.17, 15) is 9.90 Å². The molecule has 0 bridgehead atoms. The fraction of sp³-hybridized carbons (Fsp3) is 0.320. The number of amides is 1. The number of fused-ring (bicyclic) bond motifs is 1. The quantitative estimate of drug-likeness (QED) is 0.457. The average molecular weight is 462 g/mol. The van der Waals surface area contributed by atoms with Crippen LogP contribution in [0, 0.1) is 5.41 Å². The molecule has 1 fully saturated rings. The lowest BCUT2D eigenvalue weighted by Crippen LogP contribution is -2.29. The smallest absolute Gasteiger partial charge is 0.251 e. The van der Waals surface area contributed by atoms with Crippen LogP contribution in [-0.4, -0.2) is 59.5 Å². The molecule has 2 aliphatic rings. The molecular weight excluding hydrogens is 434 g/mol. The summed E-state index contributed by atoms with van der Waals surface area (Å²) in [6.07, 6.45) is 3.51. The summed E-state index contributed by atoms with van der Waals surface area (Å²) in [6.45, 7) is 4.26. The Morgan fingerprint density at radius 1 is 1.12 bits per heavy atom. The lowest BCUT2D eigenvalue weighted by Gasteiger charge is -2.19. The number of benzene rings is 2. The van der Waals surface area contributed by atoms with Gasteiger partial charge in [0.2, 0.25) is 0 Å². The molecule has 170 valence electrons. The Hall–Kier alpha value is -3.23. The summed E-state index contributed by atoms with van der Waals surface area (Å²) in [5, 5.41) is 22.9. The van der Waals surface area contributed by atoms with Crippen molar-refractivity contribution in [3.63, 3.8) is 0 Å². The number of amidine groups is 1. The molecule has 3 N–H and O–H groups in total. The van der Waals surface area contributed by atoms with Crippen molar-refractivity contribution in [2.45, 2.75) is 19.3 Å². The van der Waals surface area contributed by atoms with Crippen LogP contribution in [0.5, 0.6) is 0 Å². The van der Waals surface area contributed by atoms with Gasteiger partial charge in [-0.15, -0.1) is 11.3 Å². The number of carbonyl (C=O) groups excluding carboxylic acids is 1. The highest BCUT2D eigenvalue weighted by Crippen LogP contribution is 2.35. The number of carbonyl (C=O) groups is 1. The molecule has 1 aromatic heterocycles. The van der Waals surface area contributed by atoms with E-state index in [-0.39, 0.29) is 24.0 Å². The van der Waals surface area contributed by atoms with Gasteiger partial charge in [0, 0.05) is 17.8 Å². The minimum absolute atomic E-state index is 0.0874. The van der Waals surface area contributed by atoms with Crippen LogP contribution in [-0.2, 0) is 0 Å². The molecular formula is C25H27N5O2S. The zero-order valence-corrected chi connectivity index (χ0v) is 19.2. The van der Waals surface area contributed by atoms with Gasteiger partial charge < -0.3 is 20.2 Å². The monoisotopic (exact) mass is 461 g/mol. The van der Waals surface area contributed by atoms with Crippen molar-refractivity contribution in [3.8, 4) is 0 Å². The lowest BCUT2D eigenvalue weighted by molar-refractivity contribution is 0.0952. The number of nitrogens with zero attached hydrogens (tertiary/aromatic N) is 3. The van der Waals surface area contributed by atoms with Crippen LogP contribution in [0.15, 0.2) is 54.3 Å². The van der Waals surface area contributed by atoms with Crippen molar-refractivity contribution in [3.05, 3.63) is 64.9 Å². The number of aliphatic hydroxyl groups is 1. The summed E-state index contributed by atoms with van der Waals surface area (Å²) in [7, 11) is 0. The summed E-state index contributed by atoms with van der Waals surface area (Å²) in [5.74, 6) is 0.264. The number of anilines is 1. The second-order valence-corrected chi connectivity index (χ2v) is 9.48. The van der Waals surface area contributed by atoms with Crippen LogP contribution >= 0.6 is 11.3 Å². The largest absolute Gasteiger partial charge is 0.510 e. The summed E-state index contributed by atoms with van der Waals surface area (Å²) in [6, 6.07) is 15.0. The Bertz CT molecular complexity index is 1180. The van der Waals surface area contributed by atoms with Crippen molar-refractivity contribution in [1.82, 2.24) is 15.2 Å².